The van der Waals surface area contributed by atoms with Gasteiger partial charge in [0, 0.05) is 31.3 Å². The Kier molecular flexibility index (Phi) is 2.60. The highest BCUT2D eigenvalue weighted by Gasteiger charge is 2.13. The van der Waals surface area contributed by atoms with Gasteiger partial charge in [-0.25, -0.2) is 0 Å². The van der Waals surface area contributed by atoms with Gasteiger partial charge in [0.15, 0.2) is 0 Å². The molecule has 0 aromatic carbocycles. The maximum atomic E-state index is 6.09. The fourth-order valence-electron chi connectivity index (χ4n) is 1.74. The smallest absolute Gasteiger partial charge is 0.105 e. The van der Waals surface area contributed by atoms with Crippen LogP contribution in [-0.4, -0.2) is 9.78 Å². The van der Waals surface area contributed by atoms with Crippen LogP contribution in [0.4, 0.5) is 0 Å². The molecule has 80 valence electrons. The molecule has 4 heteroatoms. The highest BCUT2D eigenvalue weighted by molar-refractivity contribution is 5.21. The SMILES string of the molecule is Cc1nn(C)cc1C(N)Cc1ccco1. The van der Waals surface area contributed by atoms with Gasteiger partial charge in [0.1, 0.15) is 5.76 Å². The normalized spacial score (nSPS) is 13.0. The van der Waals surface area contributed by atoms with Crippen molar-refractivity contribution in [3.05, 3.63) is 41.6 Å². The Morgan fingerprint density at radius 2 is 2.40 bits per heavy atom. The van der Waals surface area contributed by atoms with Crippen molar-refractivity contribution >= 4 is 0 Å². The summed E-state index contributed by atoms with van der Waals surface area (Å²) in [6.45, 7) is 1.97. The lowest BCUT2D eigenvalue weighted by Crippen LogP contribution is -2.13. The molecule has 0 radical (unpaired) electrons. The topological polar surface area (TPSA) is 57.0 Å². The Hall–Kier alpha value is -1.55. The third-order valence-corrected chi connectivity index (χ3v) is 2.45. The predicted octanol–water partition coefficient (Wildman–Crippen LogP) is 1.56. The first-order chi connectivity index (χ1) is 7.16. The van der Waals surface area contributed by atoms with Crippen molar-refractivity contribution in [3.63, 3.8) is 0 Å². The van der Waals surface area contributed by atoms with E-state index in [1.165, 1.54) is 0 Å². The van der Waals surface area contributed by atoms with Crippen LogP contribution in [0, 0.1) is 6.92 Å². The molecule has 0 fully saturated rings. The minimum atomic E-state index is -0.0511. The fourth-order valence-corrected chi connectivity index (χ4v) is 1.74. The standard InChI is InChI=1S/C11H15N3O/c1-8-10(7-14(2)13-8)11(12)6-9-4-3-5-15-9/h3-5,7,11H,6,12H2,1-2H3. The summed E-state index contributed by atoms with van der Waals surface area (Å²) in [5.41, 5.74) is 8.15. The highest BCUT2D eigenvalue weighted by Crippen LogP contribution is 2.18. The average Bonchev–Trinajstić information content (AvgIpc) is 2.75. The van der Waals surface area contributed by atoms with E-state index in [0.717, 1.165) is 17.0 Å². The summed E-state index contributed by atoms with van der Waals surface area (Å²) in [5.74, 6) is 0.908. The molecular formula is C11H15N3O. The Morgan fingerprint density at radius 3 is 2.93 bits per heavy atom. The first kappa shape index (κ1) is 9.98. The van der Waals surface area contributed by atoms with E-state index in [2.05, 4.69) is 5.10 Å². The van der Waals surface area contributed by atoms with Crippen molar-refractivity contribution in [2.75, 3.05) is 0 Å². The van der Waals surface area contributed by atoms with Gasteiger partial charge in [0.05, 0.1) is 12.0 Å². The van der Waals surface area contributed by atoms with Crippen LogP contribution in [0.5, 0.6) is 0 Å². The van der Waals surface area contributed by atoms with Crippen LogP contribution in [0.3, 0.4) is 0 Å². The molecule has 2 N–H and O–H groups in total. The summed E-state index contributed by atoms with van der Waals surface area (Å²) < 4.78 is 7.05. The molecule has 1 unspecified atom stereocenters. The van der Waals surface area contributed by atoms with Crippen molar-refractivity contribution in [2.24, 2.45) is 12.8 Å². The Balaban J connectivity index is 2.14. The molecule has 0 aliphatic heterocycles. The Bertz CT molecular complexity index is 431. The van der Waals surface area contributed by atoms with Gasteiger partial charge in [-0.05, 0) is 19.1 Å². The van der Waals surface area contributed by atoms with E-state index in [1.54, 1.807) is 10.9 Å². The van der Waals surface area contributed by atoms with Gasteiger partial charge in [-0.2, -0.15) is 5.10 Å². The molecule has 2 aromatic heterocycles. The van der Waals surface area contributed by atoms with Gasteiger partial charge < -0.3 is 10.2 Å². The zero-order valence-electron chi connectivity index (χ0n) is 8.97. The molecule has 1 atom stereocenters. The van der Waals surface area contributed by atoms with Gasteiger partial charge in [-0.15, -0.1) is 0 Å². The van der Waals surface area contributed by atoms with Gasteiger partial charge in [-0.1, -0.05) is 0 Å². The quantitative estimate of drug-likeness (QED) is 0.827. The van der Waals surface area contributed by atoms with Crippen molar-refractivity contribution in [3.8, 4) is 0 Å². The van der Waals surface area contributed by atoms with Crippen molar-refractivity contribution in [1.29, 1.82) is 0 Å². The highest BCUT2D eigenvalue weighted by atomic mass is 16.3. The van der Waals surface area contributed by atoms with E-state index in [-0.39, 0.29) is 6.04 Å². The third-order valence-electron chi connectivity index (χ3n) is 2.45. The van der Waals surface area contributed by atoms with E-state index < -0.39 is 0 Å². The Morgan fingerprint density at radius 1 is 1.60 bits per heavy atom. The predicted molar refractivity (Wildman–Crippen MR) is 57.3 cm³/mol. The number of hydrogen-bond donors (Lipinski definition) is 1. The van der Waals surface area contributed by atoms with Crippen LogP contribution in [-0.2, 0) is 13.5 Å². The van der Waals surface area contributed by atoms with Crippen LogP contribution in [0.15, 0.2) is 29.0 Å². The summed E-state index contributed by atoms with van der Waals surface area (Å²) in [5, 5.41) is 4.27. The lowest BCUT2D eigenvalue weighted by Gasteiger charge is -2.08. The second-order valence-corrected chi connectivity index (χ2v) is 3.73. The Labute approximate surface area is 88.7 Å². The molecule has 4 nitrogen and oxygen atoms in total. The van der Waals surface area contributed by atoms with Crippen LogP contribution in [0.1, 0.15) is 23.1 Å². The van der Waals surface area contributed by atoms with E-state index >= 15 is 0 Å². The number of nitrogens with two attached hydrogens (primary N) is 1. The summed E-state index contributed by atoms with van der Waals surface area (Å²) in [6.07, 6.45) is 4.33. The molecule has 0 aliphatic carbocycles. The van der Waals surface area contributed by atoms with Crippen molar-refractivity contribution < 1.29 is 4.42 Å². The van der Waals surface area contributed by atoms with Crippen LogP contribution in [0.25, 0.3) is 0 Å². The van der Waals surface area contributed by atoms with Crippen LogP contribution in [0.2, 0.25) is 0 Å². The summed E-state index contributed by atoms with van der Waals surface area (Å²) in [7, 11) is 1.90. The molecule has 0 aliphatic rings. The molecule has 2 heterocycles. The number of aromatic nitrogens is 2. The molecule has 15 heavy (non-hydrogen) atoms. The molecule has 0 saturated carbocycles. The monoisotopic (exact) mass is 205 g/mol. The fraction of sp³-hybridized carbons (Fsp3) is 0.364. The number of rotatable bonds is 3. The maximum Gasteiger partial charge on any atom is 0.105 e. The minimum absolute atomic E-state index is 0.0511. The van der Waals surface area contributed by atoms with E-state index in [1.807, 2.05) is 32.3 Å². The average molecular weight is 205 g/mol. The molecule has 0 amide bonds. The van der Waals surface area contributed by atoms with E-state index in [4.69, 9.17) is 10.2 Å². The van der Waals surface area contributed by atoms with E-state index in [0.29, 0.717) is 6.42 Å². The van der Waals surface area contributed by atoms with Gasteiger partial charge in [0.2, 0.25) is 0 Å². The molecule has 2 rings (SSSR count). The van der Waals surface area contributed by atoms with Gasteiger partial charge in [-0.3, -0.25) is 4.68 Å². The number of furan rings is 1. The van der Waals surface area contributed by atoms with Crippen molar-refractivity contribution in [1.82, 2.24) is 9.78 Å². The van der Waals surface area contributed by atoms with Crippen LogP contribution >= 0.6 is 0 Å². The minimum Gasteiger partial charge on any atom is -0.469 e. The van der Waals surface area contributed by atoms with Gasteiger partial charge >= 0.3 is 0 Å². The second-order valence-electron chi connectivity index (χ2n) is 3.73. The molecular weight excluding hydrogens is 190 g/mol. The third kappa shape index (κ3) is 2.10. The number of hydrogen-bond acceptors (Lipinski definition) is 3. The number of aryl methyl sites for hydroxylation is 2. The largest absolute Gasteiger partial charge is 0.469 e. The van der Waals surface area contributed by atoms with Gasteiger partial charge in [0.25, 0.3) is 0 Å². The zero-order valence-corrected chi connectivity index (χ0v) is 8.97. The van der Waals surface area contributed by atoms with Crippen LogP contribution < -0.4 is 5.73 Å². The molecule has 0 bridgehead atoms. The molecule has 2 aromatic rings. The first-order valence-electron chi connectivity index (χ1n) is 4.95. The molecule has 0 saturated heterocycles. The number of nitrogens with zero attached hydrogens (tertiary/aromatic N) is 2. The maximum absolute atomic E-state index is 6.09. The van der Waals surface area contributed by atoms with Crippen molar-refractivity contribution in [2.45, 2.75) is 19.4 Å². The summed E-state index contributed by atoms with van der Waals surface area (Å²) in [4.78, 5) is 0. The first-order valence-corrected chi connectivity index (χ1v) is 4.95. The molecule has 0 spiro atoms. The summed E-state index contributed by atoms with van der Waals surface area (Å²) >= 11 is 0. The summed E-state index contributed by atoms with van der Waals surface area (Å²) in [6, 6.07) is 3.76. The van der Waals surface area contributed by atoms with E-state index in [9.17, 15) is 0 Å². The zero-order chi connectivity index (χ0) is 10.8. The lowest BCUT2D eigenvalue weighted by atomic mass is 10.0. The lowest BCUT2D eigenvalue weighted by molar-refractivity contribution is 0.488. The second kappa shape index (κ2) is 3.90.